The summed E-state index contributed by atoms with van der Waals surface area (Å²) < 4.78 is 0. The van der Waals surface area contributed by atoms with Gasteiger partial charge in [0, 0.05) is 12.5 Å². The molecule has 0 aliphatic heterocycles. The number of oxime groups is 1. The second-order valence-corrected chi connectivity index (χ2v) is 7.61. The molecule has 0 saturated carbocycles. The predicted octanol–water partition coefficient (Wildman–Crippen LogP) is 3.71. The van der Waals surface area contributed by atoms with Crippen molar-refractivity contribution >= 4 is 23.7 Å². The van der Waals surface area contributed by atoms with Crippen LogP contribution in [-0.2, 0) is 27.3 Å². The van der Waals surface area contributed by atoms with Crippen molar-refractivity contribution < 1.29 is 19.5 Å². The van der Waals surface area contributed by atoms with Gasteiger partial charge in [-0.05, 0) is 29.2 Å². The van der Waals surface area contributed by atoms with Gasteiger partial charge in [-0.3, -0.25) is 4.79 Å². The summed E-state index contributed by atoms with van der Waals surface area (Å²) in [5, 5.41) is 15.6. The van der Waals surface area contributed by atoms with E-state index in [2.05, 4.69) is 10.5 Å². The lowest BCUT2D eigenvalue weighted by Crippen LogP contribution is -2.26. The van der Waals surface area contributed by atoms with Crippen LogP contribution < -0.4 is 5.32 Å². The first-order valence-corrected chi connectivity index (χ1v) is 9.74. The lowest BCUT2D eigenvalue weighted by molar-refractivity contribution is -0.142. The Morgan fingerprint density at radius 3 is 2.30 bits per heavy atom. The highest BCUT2D eigenvalue weighted by Gasteiger charge is 2.25. The van der Waals surface area contributed by atoms with Gasteiger partial charge in [-0.25, -0.2) is 4.79 Å². The number of carboxylic acids is 1. The number of aliphatic carboxylic acids is 1. The van der Waals surface area contributed by atoms with Gasteiger partial charge in [-0.2, -0.15) is 0 Å². The predicted molar refractivity (Wildman–Crippen MR) is 118 cm³/mol. The van der Waals surface area contributed by atoms with E-state index in [1.54, 1.807) is 7.05 Å². The molecular formula is C24H28N2O4. The third-order valence-corrected chi connectivity index (χ3v) is 4.59. The minimum atomic E-state index is -1.07. The van der Waals surface area contributed by atoms with Crippen molar-refractivity contribution in [3.8, 4) is 0 Å². The zero-order valence-electron chi connectivity index (χ0n) is 17.6. The second-order valence-electron chi connectivity index (χ2n) is 7.61. The fraction of sp³-hybridized carbons (Fsp3) is 0.292. The Hall–Kier alpha value is -3.41. The zero-order chi connectivity index (χ0) is 22.0. The van der Waals surface area contributed by atoms with Crippen LogP contribution in [0.15, 0.2) is 65.8 Å². The molecule has 0 aliphatic carbocycles. The maximum absolute atomic E-state index is 11.5. The number of nitrogens with zero attached hydrogens (tertiary/aromatic N) is 1. The lowest BCUT2D eigenvalue weighted by Gasteiger charge is -2.25. The zero-order valence-corrected chi connectivity index (χ0v) is 17.6. The van der Waals surface area contributed by atoms with E-state index >= 15 is 0 Å². The Bertz CT molecular complexity index is 901. The highest BCUT2D eigenvalue weighted by molar-refractivity contribution is 6.02. The maximum atomic E-state index is 11.5. The van der Waals surface area contributed by atoms with Crippen LogP contribution in [0.4, 0.5) is 0 Å². The quantitative estimate of drug-likeness (QED) is 0.463. The first kappa shape index (κ1) is 22.9. The number of benzene rings is 2. The van der Waals surface area contributed by atoms with Gasteiger partial charge in [0.15, 0.2) is 0 Å². The number of carboxylic acid groups (broad SMARTS) is 1. The normalized spacial score (nSPS) is 12.0. The van der Waals surface area contributed by atoms with Gasteiger partial charge in [0.05, 0.1) is 12.1 Å². The summed E-state index contributed by atoms with van der Waals surface area (Å²) in [5.74, 6) is -1.10. The number of carbonyl (C=O) groups excluding carboxylic acids is 1. The number of carbonyl (C=O) groups is 2. The average Bonchev–Trinajstić information content (AvgIpc) is 2.72. The highest BCUT2D eigenvalue weighted by Crippen LogP contribution is 2.26. The number of hydrogen-bond acceptors (Lipinski definition) is 4. The van der Waals surface area contributed by atoms with Crippen LogP contribution in [0.25, 0.3) is 6.08 Å². The van der Waals surface area contributed by atoms with Gasteiger partial charge in [0.1, 0.15) is 0 Å². The molecule has 0 bridgehead atoms. The van der Waals surface area contributed by atoms with Gasteiger partial charge in [0.2, 0.25) is 12.5 Å². The summed E-state index contributed by atoms with van der Waals surface area (Å²) in [7, 11) is 1.62. The number of hydrogen-bond donors (Lipinski definition) is 2. The lowest BCUT2D eigenvalue weighted by atomic mass is 9.80. The molecule has 0 unspecified atom stereocenters. The molecule has 0 heterocycles. The molecule has 2 aromatic carbocycles. The first-order valence-electron chi connectivity index (χ1n) is 9.74. The van der Waals surface area contributed by atoms with Crippen molar-refractivity contribution in [3.05, 3.63) is 77.4 Å². The van der Waals surface area contributed by atoms with Crippen molar-refractivity contribution in [1.82, 2.24) is 5.32 Å². The number of likely N-dealkylation sites (N-methyl/N-ethyl adjacent to an activating group) is 1. The van der Waals surface area contributed by atoms with Crippen molar-refractivity contribution in [1.29, 1.82) is 0 Å². The van der Waals surface area contributed by atoms with Gasteiger partial charge < -0.3 is 15.3 Å². The number of amides is 1. The molecule has 0 fully saturated rings. The molecule has 6 nitrogen and oxygen atoms in total. The topological polar surface area (TPSA) is 88.0 Å². The standard InChI is InChI=1S/C24H28N2O4/c1-24(2,16-20-11-9-19(10-12-20)15-22(27)25-3)21(26-30-17-23(28)29)14-13-18-7-5-4-6-8-18/h4-14H,15-17H2,1-3H3,(H,25,27)(H,28,29)/b14-13+,26-21+. The summed E-state index contributed by atoms with van der Waals surface area (Å²) in [4.78, 5) is 27.4. The van der Waals surface area contributed by atoms with Crippen LogP contribution in [0, 0.1) is 5.41 Å². The van der Waals surface area contributed by atoms with E-state index in [4.69, 9.17) is 9.94 Å². The van der Waals surface area contributed by atoms with E-state index in [-0.39, 0.29) is 5.91 Å². The average molecular weight is 408 g/mol. The van der Waals surface area contributed by atoms with Crippen LogP contribution in [0.5, 0.6) is 0 Å². The largest absolute Gasteiger partial charge is 0.479 e. The van der Waals surface area contributed by atoms with Crippen molar-refractivity contribution in [2.75, 3.05) is 13.7 Å². The van der Waals surface area contributed by atoms with E-state index in [9.17, 15) is 9.59 Å². The molecule has 0 atom stereocenters. The fourth-order valence-electron chi connectivity index (χ4n) is 2.93. The van der Waals surface area contributed by atoms with Crippen LogP contribution in [0.3, 0.4) is 0 Å². The number of nitrogens with one attached hydrogen (secondary N) is 1. The minimum Gasteiger partial charge on any atom is -0.479 e. The van der Waals surface area contributed by atoms with Gasteiger partial charge in [0.25, 0.3) is 0 Å². The molecule has 2 N–H and O–H groups in total. The fourth-order valence-corrected chi connectivity index (χ4v) is 2.93. The van der Waals surface area contributed by atoms with Crippen LogP contribution in [-0.4, -0.2) is 36.3 Å². The monoisotopic (exact) mass is 408 g/mol. The first-order chi connectivity index (χ1) is 14.3. The molecule has 158 valence electrons. The third kappa shape index (κ3) is 7.54. The van der Waals surface area contributed by atoms with E-state index in [1.165, 1.54) is 0 Å². The minimum absolute atomic E-state index is 0.0286. The molecular weight excluding hydrogens is 380 g/mol. The number of rotatable bonds is 10. The Labute approximate surface area is 177 Å². The van der Waals surface area contributed by atoms with E-state index in [0.717, 1.165) is 16.7 Å². The molecule has 1 amide bonds. The molecule has 0 aromatic heterocycles. The Kier molecular flexibility index (Phi) is 8.35. The van der Waals surface area contributed by atoms with Crippen molar-refractivity contribution in [2.45, 2.75) is 26.7 Å². The molecule has 0 spiro atoms. The molecule has 2 aromatic rings. The Balaban J connectivity index is 2.19. The molecule has 6 heteroatoms. The Morgan fingerprint density at radius 2 is 1.70 bits per heavy atom. The summed E-state index contributed by atoms with van der Waals surface area (Å²) in [6.07, 6.45) is 4.80. The molecule has 0 radical (unpaired) electrons. The van der Waals surface area contributed by atoms with Crippen LogP contribution in [0.2, 0.25) is 0 Å². The van der Waals surface area contributed by atoms with Crippen LogP contribution in [0.1, 0.15) is 30.5 Å². The molecule has 0 saturated heterocycles. The Morgan fingerprint density at radius 1 is 1.07 bits per heavy atom. The molecule has 0 aliphatic rings. The third-order valence-electron chi connectivity index (χ3n) is 4.59. The van der Waals surface area contributed by atoms with Crippen molar-refractivity contribution in [2.24, 2.45) is 10.6 Å². The van der Waals surface area contributed by atoms with Gasteiger partial charge in [-0.15, -0.1) is 0 Å². The van der Waals surface area contributed by atoms with Crippen molar-refractivity contribution in [3.63, 3.8) is 0 Å². The SMILES string of the molecule is CNC(=O)Cc1ccc(CC(C)(C)C(/C=C/c2ccccc2)=N/OCC(=O)O)cc1. The summed E-state index contributed by atoms with van der Waals surface area (Å²) >= 11 is 0. The summed E-state index contributed by atoms with van der Waals surface area (Å²) in [6, 6.07) is 17.7. The summed E-state index contributed by atoms with van der Waals surface area (Å²) in [6.45, 7) is 3.57. The van der Waals surface area contributed by atoms with Crippen LogP contribution >= 0.6 is 0 Å². The number of allylic oxidation sites excluding steroid dienone is 1. The highest BCUT2D eigenvalue weighted by atomic mass is 16.6. The van der Waals surface area contributed by atoms with Gasteiger partial charge >= 0.3 is 5.97 Å². The molecule has 2 rings (SSSR count). The van der Waals surface area contributed by atoms with E-state index in [1.807, 2.05) is 80.6 Å². The maximum Gasteiger partial charge on any atom is 0.344 e. The second kappa shape index (κ2) is 11.0. The van der Waals surface area contributed by atoms with E-state index in [0.29, 0.717) is 18.6 Å². The smallest absolute Gasteiger partial charge is 0.344 e. The molecule has 30 heavy (non-hydrogen) atoms. The van der Waals surface area contributed by atoms with E-state index < -0.39 is 18.0 Å². The summed E-state index contributed by atoms with van der Waals surface area (Å²) in [5.41, 5.74) is 3.27. The van der Waals surface area contributed by atoms with Gasteiger partial charge in [-0.1, -0.05) is 79.7 Å².